The Labute approximate surface area is 92.2 Å². The third kappa shape index (κ3) is 5.47. The van der Waals surface area contributed by atoms with Crippen LogP contribution in [-0.4, -0.2) is 63.2 Å². The predicted octanol–water partition coefficient (Wildman–Crippen LogP) is 0.352. The minimum atomic E-state index is -0.168. The van der Waals surface area contributed by atoms with E-state index >= 15 is 0 Å². The number of hydrogen-bond acceptors (Lipinski definition) is 4. The molecule has 0 spiro atoms. The van der Waals surface area contributed by atoms with Crippen molar-refractivity contribution < 1.29 is 14.6 Å². The van der Waals surface area contributed by atoms with E-state index in [4.69, 9.17) is 9.47 Å². The first-order chi connectivity index (χ1) is 7.27. The highest BCUT2D eigenvalue weighted by Gasteiger charge is 2.30. The van der Waals surface area contributed by atoms with Gasteiger partial charge in [0, 0.05) is 33.9 Å². The summed E-state index contributed by atoms with van der Waals surface area (Å²) >= 11 is 0. The molecule has 0 amide bonds. The van der Waals surface area contributed by atoms with Crippen molar-refractivity contribution in [1.29, 1.82) is 0 Å². The highest BCUT2D eigenvalue weighted by atomic mass is 16.5. The first kappa shape index (κ1) is 12.9. The van der Waals surface area contributed by atoms with Crippen LogP contribution >= 0.6 is 0 Å². The van der Waals surface area contributed by atoms with Crippen molar-refractivity contribution in [1.82, 2.24) is 4.90 Å². The molecular formula is C11H23NO3. The lowest BCUT2D eigenvalue weighted by atomic mass is 10.2. The molecule has 0 heterocycles. The molecule has 0 aromatic heterocycles. The predicted molar refractivity (Wildman–Crippen MR) is 58.9 cm³/mol. The minimum Gasteiger partial charge on any atom is -0.392 e. The van der Waals surface area contributed by atoms with Crippen LogP contribution in [0.25, 0.3) is 0 Å². The molecule has 1 fully saturated rings. The van der Waals surface area contributed by atoms with Gasteiger partial charge in [0.2, 0.25) is 0 Å². The molecule has 1 rings (SSSR count). The molecule has 0 aromatic carbocycles. The topological polar surface area (TPSA) is 41.9 Å². The third-order valence-electron chi connectivity index (χ3n) is 2.83. The fourth-order valence-corrected chi connectivity index (χ4v) is 1.63. The average Bonchev–Trinajstić information content (AvgIpc) is 3.05. The molecule has 1 saturated carbocycles. The summed E-state index contributed by atoms with van der Waals surface area (Å²) in [5, 5.41) is 9.83. The summed E-state index contributed by atoms with van der Waals surface area (Å²) in [7, 11) is 3.40. The van der Waals surface area contributed by atoms with Crippen LogP contribution in [0.15, 0.2) is 0 Å². The molecule has 1 N–H and O–H groups in total. The van der Waals surface area contributed by atoms with Crippen LogP contribution in [0, 0.1) is 5.92 Å². The fourth-order valence-electron chi connectivity index (χ4n) is 1.63. The van der Waals surface area contributed by atoms with Crippen molar-refractivity contribution in [2.75, 3.05) is 47.1 Å². The molecule has 15 heavy (non-hydrogen) atoms. The van der Waals surface area contributed by atoms with Gasteiger partial charge in [0.25, 0.3) is 0 Å². The summed E-state index contributed by atoms with van der Waals surface area (Å²) in [6.45, 7) is 3.90. The molecule has 0 radical (unpaired) electrons. The number of rotatable bonds is 9. The first-order valence-electron chi connectivity index (χ1n) is 5.66. The molecule has 4 nitrogen and oxygen atoms in total. The lowest BCUT2D eigenvalue weighted by molar-refractivity contribution is 0.0607. The highest BCUT2D eigenvalue weighted by Crippen LogP contribution is 2.32. The van der Waals surface area contributed by atoms with Crippen LogP contribution in [-0.2, 0) is 9.47 Å². The molecule has 1 unspecified atom stereocenters. The second-order valence-corrected chi connectivity index (χ2v) is 4.19. The zero-order valence-corrected chi connectivity index (χ0v) is 9.82. The van der Waals surface area contributed by atoms with Gasteiger partial charge in [-0.1, -0.05) is 0 Å². The molecule has 0 bridgehead atoms. The Balaban J connectivity index is 2.19. The summed E-state index contributed by atoms with van der Waals surface area (Å²) in [4.78, 5) is 2.20. The van der Waals surface area contributed by atoms with Gasteiger partial charge in [0.1, 0.15) is 0 Å². The molecule has 4 heteroatoms. The van der Waals surface area contributed by atoms with E-state index in [1.807, 2.05) is 0 Å². The van der Waals surface area contributed by atoms with Gasteiger partial charge in [-0.25, -0.2) is 0 Å². The van der Waals surface area contributed by atoms with Gasteiger partial charge in [-0.05, 0) is 18.8 Å². The van der Waals surface area contributed by atoms with Gasteiger partial charge in [-0.2, -0.15) is 0 Å². The Hall–Kier alpha value is -0.160. The maximum atomic E-state index is 9.83. The second kappa shape index (κ2) is 7.17. The van der Waals surface area contributed by atoms with E-state index in [0.717, 1.165) is 19.6 Å². The van der Waals surface area contributed by atoms with Crippen LogP contribution < -0.4 is 0 Å². The van der Waals surface area contributed by atoms with Crippen LogP contribution in [0.2, 0.25) is 0 Å². The minimum absolute atomic E-state index is 0.168. The molecule has 0 aromatic rings. The lowest BCUT2D eigenvalue weighted by Crippen LogP contribution is -2.37. The number of methoxy groups -OCH3 is 2. The van der Waals surface area contributed by atoms with Crippen molar-refractivity contribution in [3.8, 4) is 0 Å². The quantitative estimate of drug-likeness (QED) is 0.605. The normalized spacial score (nSPS) is 18.4. The molecule has 1 atom stereocenters. The number of nitrogens with zero attached hydrogens (tertiary/aromatic N) is 1. The van der Waals surface area contributed by atoms with E-state index in [0.29, 0.717) is 19.1 Å². The molecular weight excluding hydrogens is 194 g/mol. The monoisotopic (exact) mass is 217 g/mol. The first-order valence-corrected chi connectivity index (χ1v) is 5.66. The Bertz CT molecular complexity index is 154. The van der Waals surface area contributed by atoms with Crippen molar-refractivity contribution in [3.63, 3.8) is 0 Å². The number of aliphatic hydroxyl groups excluding tert-OH is 1. The molecule has 90 valence electrons. The van der Waals surface area contributed by atoms with Gasteiger partial charge in [0.15, 0.2) is 0 Å². The lowest BCUT2D eigenvalue weighted by Gasteiger charge is -2.24. The van der Waals surface area contributed by atoms with Gasteiger partial charge in [-0.3, -0.25) is 4.90 Å². The maximum Gasteiger partial charge on any atom is 0.0695 e. The maximum absolute atomic E-state index is 9.83. The van der Waals surface area contributed by atoms with E-state index in [1.54, 1.807) is 14.2 Å². The highest BCUT2D eigenvalue weighted by molar-refractivity contribution is 4.82. The summed E-state index contributed by atoms with van der Waals surface area (Å²) in [6, 6.07) is 0. The van der Waals surface area contributed by atoms with Crippen molar-refractivity contribution >= 4 is 0 Å². The van der Waals surface area contributed by atoms with Crippen molar-refractivity contribution in [2.24, 2.45) is 5.92 Å². The van der Waals surface area contributed by atoms with Crippen LogP contribution in [0.4, 0.5) is 0 Å². The largest absolute Gasteiger partial charge is 0.392 e. The molecule has 1 aliphatic carbocycles. The molecule has 1 aliphatic rings. The van der Waals surface area contributed by atoms with Crippen molar-refractivity contribution in [2.45, 2.75) is 18.9 Å². The van der Waals surface area contributed by atoms with E-state index in [-0.39, 0.29) is 6.10 Å². The third-order valence-corrected chi connectivity index (χ3v) is 2.83. The number of aliphatic hydroxyl groups is 1. The number of hydrogen-bond donors (Lipinski definition) is 1. The Morgan fingerprint density at radius 1 is 1.20 bits per heavy atom. The summed E-state index contributed by atoms with van der Waals surface area (Å²) in [6.07, 6.45) is 2.20. The zero-order valence-electron chi connectivity index (χ0n) is 9.82. The molecule has 0 aliphatic heterocycles. The van der Waals surface area contributed by atoms with E-state index in [9.17, 15) is 5.11 Å². The standard InChI is InChI=1S/C11H23NO3/c1-14-7-5-12(6-8-15-2)9-11(13)10-3-4-10/h10-11,13H,3-9H2,1-2H3. The molecule has 0 saturated heterocycles. The summed E-state index contributed by atoms with van der Waals surface area (Å²) < 4.78 is 10.1. The summed E-state index contributed by atoms with van der Waals surface area (Å²) in [5.41, 5.74) is 0. The van der Waals surface area contributed by atoms with Gasteiger partial charge >= 0.3 is 0 Å². The van der Waals surface area contributed by atoms with E-state index in [2.05, 4.69) is 4.90 Å². The van der Waals surface area contributed by atoms with Crippen LogP contribution in [0.1, 0.15) is 12.8 Å². The Kier molecular flexibility index (Phi) is 6.17. The SMILES string of the molecule is COCCN(CCOC)CC(O)C1CC1. The summed E-state index contributed by atoms with van der Waals surface area (Å²) in [5.74, 6) is 0.539. The van der Waals surface area contributed by atoms with Crippen molar-refractivity contribution in [3.05, 3.63) is 0 Å². The average molecular weight is 217 g/mol. The Morgan fingerprint density at radius 2 is 1.73 bits per heavy atom. The van der Waals surface area contributed by atoms with Gasteiger partial charge < -0.3 is 14.6 Å². The smallest absolute Gasteiger partial charge is 0.0695 e. The van der Waals surface area contributed by atoms with E-state index < -0.39 is 0 Å². The number of ether oxygens (including phenoxy) is 2. The van der Waals surface area contributed by atoms with E-state index in [1.165, 1.54) is 12.8 Å². The van der Waals surface area contributed by atoms with Crippen LogP contribution in [0.3, 0.4) is 0 Å². The Morgan fingerprint density at radius 3 is 2.13 bits per heavy atom. The fraction of sp³-hybridized carbons (Fsp3) is 1.00. The van der Waals surface area contributed by atoms with Crippen LogP contribution in [0.5, 0.6) is 0 Å². The second-order valence-electron chi connectivity index (χ2n) is 4.19. The zero-order chi connectivity index (χ0) is 11.1. The van der Waals surface area contributed by atoms with Gasteiger partial charge in [-0.15, -0.1) is 0 Å². The van der Waals surface area contributed by atoms with Gasteiger partial charge in [0.05, 0.1) is 19.3 Å².